The highest BCUT2D eigenvalue weighted by atomic mass is 16.4. The van der Waals surface area contributed by atoms with Crippen LogP contribution >= 0.6 is 0 Å². The molecular formula is C14H11N3O3. The van der Waals surface area contributed by atoms with Gasteiger partial charge in [0.25, 0.3) is 5.91 Å². The third-order valence-electron chi connectivity index (χ3n) is 2.71. The number of aliphatic carboxylic acids is 1. The van der Waals surface area contributed by atoms with Crippen LogP contribution in [0.4, 0.5) is 5.69 Å². The summed E-state index contributed by atoms with van der Waals surface area (Å²) in [5.41, 5.74) is 1.01. The summed E-state index contributed by atoms with van der Waals surface area (Å²) < 4.78 is 0. The number of hydrogen-bond acceptors (Lipinski definition) is 4. The molecule has 0 unspecified atom stereocenters. The molecule has 0 fully saturated rings. The second-order valence-corrected chi connectivity index (χ2v) is 4.03. The maximum Gasteiger partial charge on any atom is 0.337 e. The summed E-state index contributed by atoms with van der Waals surface area (Å²) >= 11 is 0. The molecule has 0 saturated carbocycles. The van der Waals surface area contributed by atoms with E-state index in [2.05, 4.69) is 10.6 Å². The van der Waals surface area contributed by atoms with Crippen molar-refractivity contribution in [2.45, 2.75) is 0 Å². The largest absolute Gasteiger partial charge is 0.478 e. The average Bonchev–Trinajstić information content (AvgIpc) is 2.48. The fourth-order valence-corrected chi connectivity index (χ4v) is 1.73. The zero-order valence-electron chi connectivity index (χ0n) is 10.4. The Labute approximate surface area is 115 Å². The molecule has 0 saturated heterocycles. The molecule has 1 heterocycles. The van der Waals surface area contributed by atoms with E-state index in [4.69, 9.17) is 10.4 Å². The fraction of sp³-hybridized carbons (Fsp3) is 0.0714. The number of carboxylic acids is 1. The first kappa shape index (κ1) is 13.4. The molecule has 0 aliphatic carbocycles. The Morgan fingerprint density at radius 2 is 1.95 bits per heavy atom. The third-order valence-corrected chi connectivity index (χ3v) is 2.71. The molecule has 3 N–H and O–H groups in total. The summed E-state index contributed by atoms with van der Waals surface area (Å²) in [6.07, 6.45) is 2.82. The smallest absolute Gasteiger partial charge is 0.337 e. The molecule has 6 nitrogen and oxygen atoms in total. The molecule has 2 rings (SSSR count). The van der Waals surface area contributed by atoms with Crippen LogP contribution in [0.2, 0.25) is 0 Å². The first-order valence-corrected chi connectivity index (χ1v) is 5.80. The SMILES string of the molecule is N#Cc1ccc(NC(=O)C2=CCNC=C2C(=O)O)cc1. The average molecular weight is 269 g/mol. The van der Waals surface area contributed by atoms with Crippen molar-refractivity contribution in [3.05, 3.63) is 53.3 Å². The molecule has 0 bridgehead atoms. The number of benzene rings is 1. The first-order valence-electron chi connectivity index (χ1n) is 5.80. The van der Waals surface area contributed by atoms with Gasteiger partial charge in [0.15, 0.2) is 0 Å². The standard InChI is InChI=1S/C14H11N3O3/c15-7-9-1-3-10(4-2-9)17-13(18)11-5-6-16-8-12(11)14(19)20/h1-5,8,16H,6H2,(H,17,18)(H,19,20). The molecule has 1 amide bonds. The van der Waals surface area contributed by atoms with Crippen LogP contribution in [0.5, 0.6) is 0 Å². The molecule has 20 heavy (non-hydrogen) atoms. The third kappa shape index (κ3) is 2.84. The summed E-state index contributed by atoms with van der Waals surface area (Å²) in [5, 5.41) is 23.1. The van der Waals surface area contributed by atoms with Gasteiger partial charge in [-0.2, -0.15) is 5.26 Å². The number of dihydropyridines is 1. The molecule has 0 aromatic heterocycles. The summed E-state index contributed by atoms with van der Waals surface area (Å²) in [6.45, 7) is 0.396. The molecule has 0 radical (unpaired) electrons. The number of amides is 1. The van der Waals surface area contributed by atoms with Crippen molar-refractivity contribution in [2.75, 3.05) is 11.9 Å². The Morgan fingerprint density at radius 3 is 2.55 bits per heavy atom. The van der Waals surface area contributed by atoms with Gasteiger partial charge in [0.05, 0.1) is 22.8 Å². The number of nitrogens with one attached hydrogen (secondary N) is 2. The molecule has 1 aliphatic rings. The van der Waals surface area contributed by atoms with Crippen LogP contribution in [0.3, 0.4) is 0 Å². The van der Waals surface area contributed by atoms with E-state index in [0.717, 1.165) is 0 Å². The number of carbonyl (C=O) groups is 2. The molecule has 100 valence electrons. The number of rotatable bonds is 3. The van der Waals surface area contributed by atoms with Crippen LogP contribution in [-0.2, 0) is 9.59 Å². The lowest BCUT2D eigenvalue weighted by molar-refractivity contribution is -0.132. The van der Waals surface area contributed by atoms with E-state index in [0.29, 0.717) is 17.8 Å². The van der Waals surface area contributed by atoms with Crippen molar-refractivity contribution in [1.82, 2.24) is 5.32 Å². The van der Waals surface area contributed by atoms with Crippen LogP contribution in [0.1, 0.15) is 5.56 Å². The summed E-state index contributed by atoms with van der Waals surface area (Å²) in [6, 6.07) is 8.28. The zero-order chi connectivity index (χ0) is 14.5. The van der Waals surface area contributed by atoms with Gasteiger partial charge in [-0.15, -0.1) is 0 Å². The topological polar surface area (TPSA) is 102 Å². The number of hydrogen-bond donors (Lipinski definition) is 3. The highest BCUT2D eigenvalue weighted by Crippen LogP contribution is 2.16. The minimum absolute atomic E-state index is 0.0811. The maximum atomic E-state index is 12.1. The minimum Gasteiger partial charge on any atom is -0.478 e. The van der Waals surface area contributed by atoms with Crippen molar-refractivity contribution >= 4 is 17.6 Å². The van der Waals surface area contributed by atoms with E-state index < -0.39 is 11.9 Å². The Bertz CT molecular complexity index is 651. The van der Waals surface area contributed by atoms with Crippen LogP contribution in [0.25, 0.3) is 0 Å². The Kier molecular flexibility index (Phi) is 3.82. The maximum absolute atomic E-state index is 12.1. The Hall–Kier alpha value is -3.07. The Morgan fingerprint density at radius 1 is 1.25 bits per heavy atom. The predicted octanol–water partition coefficient (Wildman–Crippen LogP) is 0.995. The second-order valence-electron chi connectivity index (χ2n) is 4.03. The molecule has 0 atom stereocenters. The van der Waals surface area contributed by atoms with Crippen molar-refractivity contribution in [2.24, 2.45) is 0 Å². The van der Waals surface area contributed by atoms with Crippen molar-refractivity contribution in [3.8, 4) is 6.07 Å². The number of carbonyl (C=O) groups excluding carboxylic acids is 1. The van der Waals surface area contributed by atoms with Crippen LogP contribution in [-0.4, -0.2) is 23.5 Å². The van der Waals surface area contributed by atoms with E-state index in [-0.39, 0.29) is 11.1 Å². The monoisotopic (exact) mass is 269 g/mol. The van der Waals surface area contributed by atoms with Gasteiger partial charge < -0.3 is 15.7 Å². The minimum atomic E-state index is -1.17. The molecule has 1 aromatic rings. The summed E-state index contributed by atoms with van der Waals surface area (Å²) in [4.78, 5) is 23.1. The molecular weight excluding hydrogens is 258 g/mol. The highest BCUT2D eigenvalue weighted by molar-refractivity contribution is 6.13. The van der Waals surface area contributed by atoms with Gasteiger partial charge in [-0.3, -0.25) is 4.79 Å². The predicted molar refractivity (Wildman–Crippen MR) is 71.6 cm³/mol. The number of anilines is 1. The lowest BCUT2D eigenvalue weighted by Crippen LogP contribution is -2.25. The van der Waals surface area contributed by atoms with Crippen molar-refractivity contribution < 1.29 is 14.7 Å². The van der Waals surface area contributed by atoms with Crippen LogP contribution in [0, 0.1) is 11.3 Å². The van der Waals surface area contributed by atoms with Gasteiger partial charge in [-0.05, 0) is 24.3 Å². The lowest BCUT2D eigenvalue weighted by atomic mass is 10.0. The number of nitrogens with zero attached hydrogens (tertiary/aromatic N) is 1. The lowest BCUT2D eigenvalue weighted by Gasteiger charge is -2.14. The highest BCUT2D eigenvalue weighted by Gasteiger charge is 2.22. The summed E-state index contributed by atoms with van der Waals surface area (Å²) in [7, 11) is 0. The fourth-order valence-electron chi connectivity index (χ4n) is 1.73. The van der Waals surface area contributed by atoms with E-state index in [1.54, 1.807) is 24.3 Å². The molecule has 6 heteroatoms. The van der Waals surface area contributed by atoms with E-state index >= 15 is 0 Å². The number of nitriles is 1. The van der Waals surface area contributed by atoms with Gasteiger partial charge in [-0.1, -0.05) is 6.08 Å². The molecule has 1 aliphatic heterocycles. The molecule has 0 spiro atoms. The van der Waals surface area contributed by atoms with Crippen LogP contribution in [0.15, 0.2) is 47.7 Å². The molecule has 1 aromatic carbocycles. The van der Waals surface area contributed by atoms with Gasteiger partial charge in [0.2, 0.25) is 0 Å². The van der Waals surface area contributed by atoms with E-state index in [1.165, 1.54) is 12.3 Å². The van der Waals surface area contributed by atoms with Crippen molar-refractivity contribution in [3.63, 3.8) is 0 Å². The summed E-state index contributed by atoms with van der Waals surface area (Å²) in [5.74, 6) is -1.66. The van der Waals surface area contributed by atoms with E-state index in [9.17, 15) is 9.59 Å². The number of carboxylic acid groups (broad SMARTS) is 1. The quantitative estimate of drug-likeness (QED) is 0.759. The normalized spacial score (nSPS) is 13.3. The van der Waals surface area contributed by atoms with Gasteiger partial charge in [0.1, 0.15) is 0 Å². The van der Waals surface area contributed by atoms with Crippen molar-refractivity contribution in [1.29, 1.82) is 5.26 Å². The first-order chi connectivity index (χ1) is 9.61. The van der Waals surface area contributed by atoms with Crippen LogP contribution < -0.4 is 10.6 Å². The van der Waals surface area contributed by atoms with Gasteiger partial charge >= 0.3 is 5.97 Å². The Balaban J connectivity index is 2.15. The van der Waals surface area contributed by atoms with Gasteiger partial charge in [-0.25, -0.2) is 4.79 Å². The zero-order valence-corrected chi connectivity index (χ0v) is 10.4. The van der Waals surface area contributed by atoms with Gasteiger partial charge in [0, 0.05) is 18.4 Å². The second kappa shape index (κ2) is 5.71. The van der Waals surface area contributed by atoms with E-state index in [1.807, 2.05) is 6.07 Å².